The summed E-state index contributed by atoms with van der Waals surface area (Å²) in [5.74, 6) is 0.921. The van der Waals surface area contributed by atoms with Gasteiger partial charge >= 0.3 is 0 Å². The van der Waals surface area contributed by atoms with E-state index in [0.29, 0.717) is 0 Å². The Labute approximate surface area is 125 Å². The maximum absolute atomic E-state index is 6.00. The molecule has 0 unspecified atom stereocenters. The molecule has 0 amide bonds. The molecule has 0 aromatic carbocycles. The first-order valence-electron chi connectivity index (χ1n) is 7.38. The summed E-state index contributed by atoms with van der Waals surface area (Å²) in [5.41, 5.74) is 8.06. The largest absolute Gasteiger partial charge is 0.396 e. The Balaban J connectivity index is 1.50. The second kappa shape index (κ2) is 6.13. The minimum absolute atomic E-state index is 0.765. The number of nitrogens with zero attached hydrogens (tertiary/aromatic N) is 5. The van der Waals surface area contributed by atoms with Crippen LogP contribution in [0.1, 0.15) is 5.56 Å². The van der Waals surface area contributed by atoms with Gasteiger partial charge in [0.1, 0.15) is 0 Å². The topological polar surface area (TPSA) is 63.2 Å². The number of hydrogen-bond donors (Lipinski definition) is 1. The second-order valence-electron chi connectivity index (χ2n) is 5.52. The summed E-state index contributed by atoms with van der Waals surface area (Å²) < 4.78 is 1.86. The lowest BCUT2D eigenvalue weighted by Gasteiger charge is -2.35. The fraction of sp³-hybridized carbons (Fsp3) is 0.467. The van der Waals surface area contributed by atoms with Crippen LogP contribution in [-0.4, -0.2) is 52.4 Å². The molecule has 3 rings (SSSR count). The van der Waals surface area contributed by atoms with E-state index in [-0.39, 0.29) is 0 Å². The molecule has 0 saturated carbocycles. The summed E-state index contributed by atoms with van der Waals surface area (Å²) in [5, 5.41) is 4.21. The Morgan fingerprint density at radius 1 is 1.24 bits per heavy atom. The van der Waals surface area contributed by atoms with Crippen molar-refractivity contribution in [3.05, 3.63) is 36.3 Å². The van der Waals surface area contributed by atoms with E-state index in [4.69, 9.17) is 5.73 Å². The summed E-state index contributed by atoms with van der Waals surface area (Å²) in [6.07, 6.45) is 6.90. The van der Waals surface area contributed by atoms with Gasteiger partial charge in [0, 0.05) is 52.2 Å². The number of hydrogen-bond acceptors (Lipinski definition) is 5. The van der Waals surface area contributed by atoms with Gasteiger partial charge in [0.05, 0.1) is 11.9 Å². The van der Waals surface area contributed by atoms with Gasteiger partial charge in [0.2, 0.25) is 0 Å². The van der Waals surface area contributed by atoms with Crippen molar-refractivity contribution in [1.29, 1.82) is 0 Å². The van der Waals surface area contributed by atoms with E-state index in [9.17, 15) is 0 Å². The number of nitrogens with two attached hydrogens (primary N) is 1. The first-order chi connectivity index (χ1) is 10.2. The van der Waals surface area contributed by atoms with Crippen molar-refractivity contribution >= 4 is 11.5 Å². The molecule has 1 aliphatic heterocycles. The SMILES string of the molecule is Cn1cc(CCN2CCN(c3ncccc3N)CC2)cn1. The van der Waals surface area contributed by atoms with Gasteiger partial charge in [-0.15, -0.1) is 0 Å². The van der Waals surface area contributed by atoms with Crippen LogP contribution in [0.5, 0.6) is 0 Å². The average Bonchev–Trinajstić information content (AvgIpc) is 2.92. The number of aryl methyl sites for hydroxylation is 1. The predicted octanol–water partition coefficient (Wildman–Crippen LogP) is 0.762. The second-order valence-corrected chi connectivity index (χ2v) is 5.52. The number of nitrogen functional groups attached to an aromatic ring is 1. The lowest BCUT2D eigenvalue weighted by atomic mass is 10.2. The van der Waals surface area contributed by atoms with Crippen molar-refractivity contribution in [2.24, 2.45) is 7.05 Å². The molecule has 1 saturated heterocycles. The maximum atomic E-state index is 6.00. The molecule has 21 heavy (non-hydrogen) atoms. The van der Waals surface area contributed by atoms with Gasteiger partial charge in [-0.05, 0) is 24.1 Å². The van der Waals surface area contributed by atoms with Crippen LogP contribution in [0.15, 0.2) is 30.7 Å². The highest BCUT2D eigenvalue weighted by atomic mass is 15.3. The Morgan fingerprint density at radius 3 is 2.71 bits per heavy atom. The third kappa shape index (κ3) is 3.33. The number of aromatic nitrogens is 3. The van der Waals surface area contributed by atoms with Crippen molar-refractivity contribution in [2.45, 2.75) is 6.42 Å². The Kier molecular flexibility index (Phi) is 4.06. The Hall–Kier alpha value is -2.08. The lowest BCUT2D eigenvalue weighted by Crippen LogP contribution is -2.47. The van der Waals surface area contributed by atoms with Crippen molar-refractivity contribution in [1.82, 2.24) is 19.7 Å². The molecule has 0 radical (unpaired) electrons. The van der Waals surface area contributed by atoms with Crippen molar-refractivity contribution < 1.29 is 0 Å². The summed E-state index contributed by atoms with van der Waals surface area (Å²) in [7, 11) is 1.96. The molecule has 1 aliphatic rings. The zero-order valence-corrected chi connectivity index (χ0v) is 12.4. The minimum atomic E-state index is 0.765. The van der Waals surface area contributed by atoms with Gasteiger partial charge in [-0.3, -0.25) is 9.58 Å². The molecule has 3 heterocycles. The van der Waals surface area contributed by atoms with E-state index >= 15 is 0 Å². The molecule has 0 aliphatic carbocycles. The van der Waals surface area contributed by atoms with E-state index < -0.39 is 0 Å². The van der Waals surface area contributed by atoms with E-state index in [2.05, 4.69) is 26.1 Å². The van der Waals surface area contributed by atoms with Crippen LogP contribution in [0, 0.1) is 0 Å². The molecule has 0 atom stereocenters. The predicted molar refractivity (Wildman–Crippen MR) is 84.2 cm³/mol. The zero-order valence-electron chi connectivity index (χ0n) is 12.4. The van der Waals surface area contributed by atoms with Crippen molar-refractivity contribution in [2.75, 3.05) is 43.4 Å². The molecule has 112 valence electrons. The highest BCUT2D eigenvalue weighted by Crippen LogP contribution is 2.20. The van der Waals surface area contributed by atoms with Gasteiger partial charge in [-0.2, -0.15) is 5.10 Å². The van der Waals surface area contributed by atoms with Gasteiger partial charge in [-0.25, -0.2) is 4.98 Å². The first kappa shape index (κ1) is 13.9. The summed E-state index contributed by atoms with van der Waals surface area (Å²) in [6, 6.07) is 3.79. The minimum Gasteiger partial charge on any atom is -0.396 e. The number of anilines is 2. The fourth-order valence-corrected chi connectivity index (χ4v) is 2.75. The number of piperazine rings is 1. The van der Waals surface area contributed by atoms with Crippen LogP contribution in [0.25, 0.3) is 0 Å². The van der Waals surface area contributed by atoms with Crippen LogP contribution in [0.3, 0.4) is 0 Å². The third-order valence-corrected chi connectivity index (χ3v) is 3.96. The lowest BCUT2D eigenvalue weighted by molar-refractivity contribution is 0.260. The maximum Gasteiger partial charge on any atom is 0.151 e. The Bertz CT molecular complexity index is 585. The third-order valence-electron chi connectivity index (χ3n) is 3.96. The number of pyridine rings is 1. The molecule has 0 bridgehead atoms. The summed E-state index contributed by atoms with van der Waals surface area (Å²) >= 11 is 0. The molecule has 6 nitrogen and oxygen atoms in total. The smallest absolute Gasteiger partial charge is 0.151 e. The van der Waals surface area contributed by atoms with Crippen LogP contribution >= 0.6 is 0 Å². The van der Waals surface area contributed by atoms with Crippen LogP contribution in [-0.2, 0) is 13.5 Å². The Morgan fingerprint density at radius 2 is 2.05 bits per heavy atom. The van der Waals surface area contributed by atoms with Crippen LogP contribution < -0.4 is 10.6 Å². The fourth-order valence-electron chi connectivity index (χ4n) is 2.75. The van der Waals surface area contributed by atoms with E-state index in [1.54, 1.807) is 6.20 Å². The molecule has 2 aromatic rings. The van der Waals surface area contributed by atoms with E-state index in [0.717, 1.165) is 50.6 Å². The molecule has 2 N–H and O–H groups in total. The molecule has 2 aromatic heterocycles. The molecule has 0 spiro atoms. The van der Waals surface area contributed by atoms with Gasteiger partial charge in [0.25, 0.3) is 0 Å². The van der Waals surface area contributed by atoms with E-state index in [1.807, 2.05) is 30.1 Å². The quantitative estimate of drug-likeness (QED) is 0.899. The van der Waals surface area contributed by atoms with Crippen molar-refractivity contribution in [3.8, 4) is 0 Å². The van der Waals surface area contributed by atoms with Crippen LogP contribution in [0.2, 0.25) is 0 Å². The highest BCUT2D eigenvalue weighted by molar-refractivity contribution is 5.62. The monoisotopic (exact) mass is 286 g/mol. The normalized spacial score (nSPS) is 16.3. The molecular formula is C15H22N6. The molecule has 1 fully saturated rings. The first-order valence-corrected chi connectivity index (χ1v) is 7.38. The van der Waals surface area contributed by atoms with Gasteiger partial charge in [-0.1, -0.05) is 0 Å². The summed E-state index contributed by atoms with van der Waals surface area (Å²) in [6.45, 7) is 5.15. The van der Waals surface area contributed by atoms with Gasteiger partial charge < -0.3 is 10.6 Å². The van der Waals surface area contributed by atoms with Crippen molar-refractivity contribution in [3.63, 3.8) is 0 Å². The molecule has 6 heteroatoms. The van der Waals surface area contributed by atoms with E-state index in [1.165, 1.54) is 5.56 Å². The summed E-state index contributed by atoms with van der Waals surface area (Å²) in [4.78, 5) is 9.16. The number of rotatable bonds is 4. The van der Waals surface area contributed by atoms with Crippen LogP contribution in [0.4, 0.5) is 11.5 Å². The molecular weight excluding hydrogens is 264 g/mol. The zero-order chi connectivity index (χ0) is 14.7. The highest BCUT2D eigenvalue weighted by Gasteiger charge is 2.19. The van der Waals surface area contributed by atoms with Gasteiger partial charge in [0.15, 0.2) is 5.82 Å². The standard InChI is InChI=1S/C15H22N6/c1-19-12-13(11-18-19)4-6-20-7-9-21(10-8-20)15-14(16)3-2-5-17-15/h2-3,5,11-12H,4,6-10,16H2,1H3. The average molecular weight is 286 g/mol.